The molecule has 2 heteroatoms. The van der Waals surface area contributed by atoms with Crippen molar-refractivity contribution in [2.24, 2.45) is 9.81 Å². The van der Waals surface area contributed by atoms with Crippen molar-refractivity contribution in [3.8, 4) is 0 Å². The average Bonchev–Trinajstić information content (AvgIpc) is 2.39. The number of nitrogens with zero attached hydrogens (tertiary/aromatic N) is 1. The third-order valence-electron chi connectivity index (χ3n) is 3.51. The summed E-state index contributed by atoms with van der Waals surface area (Å²) in [6.07, 6.45) is 0. The fourth-order valence-electron chi connectivity index (χ4n) is 1.68. The van der Waals surface area contributed by atoms with Crippen molar-refractivity contribution in [2.75, 3.05) is 0 Å². The maximum atomic E-state index is 4.64. The standard InChI is InChI=1S/C13H17NS/c1-12(2)11(14-15-13(12,3)4)10-8-6-5-7-9-10/h5-9H,1-4H3. The van der Waals surface area contributed by atoms with Gasteiger partial charge in [-0.05, 0) is 31.4 Å². The molecule has 0 saturated heterocycles. The SMILES string of the molecule is CC1(C)SN=C(c2ccccc2)C1(C)C. The van der Waals surface area contributed by atoms with Gasteiger partial charge < -0.3 is 0 Å². The lowest BCUT2D eigenvalue weighted by atomic mass is 9.74. The molecule has 0 atom stereocenters. The van der Waals surface area contributed by atoms with Gasteiger partial charge in [0.2, 0.25) is 0 Å². The van der Waals surface area contributed by atoms with E-state index in [1.165, 1.54) is 11.3 Å². The molecule has 1 aliphatic rings. The molecule has 0 aromatic heterocycles. The highest BCUT2D eigenvalue weighted by molar-refractivity contribution is 8.00. The predicted octanol–water partition coefficient (Wildman–Crippen LogP) is 3.94. The Morgan fingerprint density at radius 1 is 1.00 bits per heavy atom. The molecule has 2 rings (SSSR count). The van der Waals surface area contributed by atoms with Crippen LogP contribution in [0.5, 0.6) is 0 Å². The Labute approximate surface area is 96.1 Å². The molecular formula is C13H17NS. The van der Waals surface area contributed by atoms with Gasteiger partial charge in [0.15, 0.2) is 0 Å². The molecule has 0 saturated carbocycles. The lowest BCUT2D eigenvalue weighted by Crippen LogP contribution is -2.38. The van der Waals surface area contributed by atoms with Gasteiger partial charge in [-0.2, -0.15) is 0 Å². The Morgan fingerprint density at radius 2 is 1.60 bits per heavy atom. The molecule has 80 valence electrons. The van der Waals surface area contributed by atoms with Gasteiger partial charge in [0.1, 0.15) is 0 Å². The summed E-state index contributed by atoms with van der Waals surface area (Å²) >= 11 is 1.70. The minimum Gasteiger partial charge on any atom is -0.219 e. The van der Waals surface area contributed by atoms with E-state index in [1.807, 2.05) is 6.07 Å². The zero-order valence-electron chi connectivity index (χ0n) is 9.74. The van der Waals surface area contributed by atoms with E-state index in [2.05, 4.69) is 56.4 Å². The molecule has 0 radical (unpaired) electrons. The number of hydrogen-bond acceptors (Lipinski definition) is 2. The summed E-state index contributed by atoms with van der Waals surface area (Å²) in [6.45, 7) is 9.08. The summed E-state index contributed by atoms with van der Waals surface area (Å²) in [5, 5.41) is 0. The van der Waals surface area contributed by atoms with E-state index < -0.39 is 0 Å². The van der Waals surface area contributed by atoms with E-state index in [9.17, 15) is 0 Å². The van der Waals surface area contributed by atoms with Gasteiger partial charge in [0.05, 0.1) is 5.71 Å². The van der Waals surface area contributed by atoms with E-state index in [4.69, 9.17) is 0 Å². The van der Waals surface area contributed by atoms with Gasteiger partial charge in [-0.3, -0.25) is 0 Å². The van der Waals surface area contributed by atoms with Crippen molar-refractivity contribution in [3.63, 3.8) is 0 Å². The minimum absolute atomic E-state index is 0.124. The molecule has 0 amide bonds. The molecular weight excluding hydrogens is 202 g/mol. The fourth-order valence-corrected chi connectivity index (χ4v) is 2.66. The van der Waals surface area contributed by atoms with Crippen molar-refractivity contribution in [2.45, 2.75) is 32.4 Å². The maximum Gasteiger partial charge on any atom is 0.0629 e. The van der Waals surface area contributed by atoms with E-state index in [0.717, 1.165) is 0 Å². The van der Waals surface area contributed by atoms with E-state index in [-0.39, 0.29) is 10.2 Å². The van der Waals surface area contributed by atoms with Crippen LogP contribution in [-0.2, 0) is 0 Å². The fraction of sp³-hybridized carbons (Fsp3) is 0.462. The second-order valence-corrected chi connectivity index (χ2v) is 6.42. The molecule has 1 heterocycles. The summed E-state index contributed by atoms with van der Waals surface area (Å²) in [4.78, 5) is 0. The van der Waals surface area contributed by atoms with E-state index >= 15 is 0 Å². The lowest BCUT2D eigenvalue weighted by Gasteiger charge is -2.34. The lowest BCUT2D eigenvalue weighted by molar-refractivity contribution is 0.416. The van der Waals surface area contributed by atoms with Crippen LogP contribution in [0.25, 0.3) is 0 Å². The second-order valence-electron chi connectivity index (χ2n) is 5.03. The number of benzene rings is 1. The van der Waals surface area contributed by atoms with Gasteiger partial charge in [0.25, 0.3) is 0 Å². The van der Waals surface area contributed by atoms with Crippen LogP contribution in [0.1, 0.15) is 33.3 Å². The molecule has 0 unspecified atom stereocenters. The highest BCUT2D eigenvalue weighted by Gasteiger charge is 2.46. The van der Waals surface area contributed by atoms with Crippen molar-refractivity contribution in [1.29, 1.82) is 0 Å². The maximum absolute atomic E-state index is 4.64. The zero-order chi connectivity index (χ0) is 11.1. The summed E-state index contributed by atoms with van der Waals surface area (Å²) < 4.78 is 4.82. The zero-order valence-corrected chi connectivity index (χ0v) is 10.6. The van der Waals surface area contributed by atoms with Crippen LogP contribution in [-0.4, -0.2) is 10.5 Å². The topological polar surface area (TPSA) is 12.4 Å². The van der Waals surface area contributed by atoms with Crippen molar-refractivity contribution in [1.82, 2.24) is 0 Å². The van der Waals surface area contributed by atoms with Gasteiger partial charge >= 0.3 is 0 Å². The first kappa shape index (κ1) is 10.7. The Balaban J connectivity index is 2.42. The van der Waals surface area contributed by atoms with E-state index in [0.29, 0.717) is 0 Å². The summed E-state index contributed by atoms with van der Waals surface area (Å²) in [7, 11) is 0. The summed E-state index contributed by atoms with van der Waals surface area (Å²) in [5.74, 6) is 0. The van der Waals surface area contributed by atoms with Gasteiger partial charge in [0, 0.05) is 10.2 Å². The summed E-state index contributed by atoms with van der Waals surface area (Å²) in [6, 6.07) is 10.5. The molecule has 0 bridgehead atoms. The minimum atomic E-state index is 0.124. The number of rotatable bonds is 1. The van der Waals surface area contributed by atoms with Gasteiger partial charge in [-0.25, -0.2) is 4.40 Å². The first-order chi connectivity index (χ1) is 6.95. The van der Waals surface area contributed by atoms with Crippen LogP contribution in [0.4, 0.5) is 0 Å². The van der Waals surface area contributed by atoms with Gasteiger partial charge in [-0.1, -0.05) is 44.2 Å². The highest BCUT2D eigenvalue weighted by atomic mass is 32.2. The van der Waals surface area contributed by atoms with Crippen LogP contribution in [0.15, 0.2) is 34.7 Å². The smallest absolute Gasteiger partial charge is 0.0629 e. The Kier molecular flexibility index (Phi) is 2.42. The molecule has 1 aliphatic heterocycles. The molecule has 0 aliphatic carbocycles. The Morgan fingerprint density at radius 3 is 2.07 bits per heavy atom. The highest BCUT2D eigenvalue weighted by Crippen LogP contribution is 2.50. The molecule has 15 heavy (non-hydrogen) atoms. The molecule has 0 spiro atoms. The Hall–Kier alpha value is -0.760. The third-order valence-corrected chi connectivity index (χ3v) is 4.75. The van der Waals surface area contributed by atoms with Crippen LogP contribution < -0.4 is 0 Å². The number of hydrogen-bond donors (Lipinski definition) is 0. The quantitative estimate of drug-likeness (QED) is 0.652. The first-order valence-electron chi connectivity index (χ1n) is 5.27. The largest absolute Gasteiger partial charge is 0.219 e. The van der Waals surface area contributed by atoms with Crippen LogP contribution in [0.2, 0.25) is 0 Å². The predicted molar refractivity (Wildman–Crippen MR) is 68.4 cm³/mol. The van der Waals surface area contributed by atoms with Gasteiger partial charge in [-0.15, -0.1) is 0 Å². The van der Waals surface area contributed by atoms with Crippen molar-refractivity contribution < 1.29 is 0 Å². The second kappa shape index (κ2) is 3.38. The van der Waals surface area contributed by atoms with E-state index in [1.54, 1.807) is 11.9 Å². The first-order valence-corrected chi connectivity index (χ1v) is 6.04. The molecule has 1 aromatic rings. The van der Waals surface area contributed by atoms with Crippen LogP contribution >= 0.6 is 11.9 Å². The summed E-state index contributed by atoms with van der Waals surface area (Å²) in [5.41, 5.74) is 2.60. The molecule has 1 aromatic carbocycles. The normalized spacial score (nSPS) is 22.5. The van der Waals surface area contributed by atoms with Crippen molar-refractivity contribution in [3.05, 3.63) is 35.9 Å². The molecule has 0 N–H and O–H groups in total. The third kappa shape index (κ3) is 1.61. The van der Waals surface area contributed by atoms with Crippen molar-refractivity contribution >= 4 is 17.7 Å². The van der Waals surface area contributed by atoms with Crippen LogP contribution in [0.3, 0.4) is 0 Å². The average molecular weight is 219 g/mol. The monoisotopic (exact) mass is 219 g/mol. The molecule has 0 fully saturated rings. The van der Waals surface area contributed by atoms with Crippen LogP contribution in [0, 0.1) is 5.41 Å². The molecule has 1 nitrogen and oxygen atoms in total. The Bertz CT molecular complexity index is 390.